The predicted molar refractivity (Wildman–Crippen MR) is 60.5 cm³/mol. The molecule has 80 valence electrons. The molecule has 0 atom stereocenters. The van der Waals surface area contributed by atoms with Gasteiger partial charge >= 0.3 is 0 Å². The Hall–Kier alpha value is -1.78. The smallest absolute Gasteiger partial charge is 0.160 e. The van der Waals surface area contributed by atoms with Gasteiger partial charge in [0, 0.05) is 28.2 Å². The normalized spacial score (nSPS) is 10.7. The van der Waals surface area contributed by atoms with E-state index < -0.39 is 0 Å². The number of fused-ring (bicyclic) bond motifs is 1. The second-order valence-corrected chi connectivity index (χ2v) is 3.85. The third-order valence-electron chi connectivity index (χ3n) is 2.34. The van der Waals surface area contributed by atoms with Gasteiger partial charge in [0.15, 0.2) is 11.0 Å². The van der Waals surface area contributed by atoms with E-state index in [1.54, 1.807) is 0 Å². The highest BCUT2D eigenvalue weighted by atomic mass is 16.6. The molecular weight excluding hydrogens is 192 g/mol. The molecule has 2 aromatic rings. The summed E-state index contributed by atoms with van der Waals surface area (Å²) in [4.78, 5) is 3.98. The summed E-state index contributed by atoms with van der Waals surface area (Å²) in [7, 11) is 7.88. The molecule has 0 bridgehead atoms. The number of anilines is 2. The topological polar surface area (TPSA) is 45.4 Å². The zero-order valence-electron chi connectivity index (χ0n) is 9.35. The molecule has 0 aliphatic carbocycles. The van der Waals surface area contributed by atoms with Crippen LogP contribution in [-0.4, -0.2) is 38.5 Å². The minimum atomic E-state index is 0.797. The summed E-state index contributed by atoms with van der Waals surface area (Å²) in [5, 5.41) is 7.86. The maximum absolute atomic E-state index is 4.79. The van der Waals surface area contributed by atoms with Crippen molar-refractivity contribution in [2.45, 2.75) is 0 Å². The molecule has 0 unspecified atom stereocenters. The van der Waals surface area contributed by atoms with Crippen LogP contribution in [0.1, 0.15) is 0 Å². The molecule has 0 N–H and O–H groups in total. The van der Waals surface area contributed by atoms with Crippen LogP contribution in [0, 0.1) is 0 Å². The van der Waals surface area contributed by atoms with E-state index in [9.17, 15) is 0 Å². The molecule has 1 aromatic carbocycles. The third kappa shape index (κ3) is 1.49. The lowest BCUT2D eigenvalue weighted by molar-refractivity contribution is 0.315. The number of hydrogen-bond donors (Lipinski definition) is 0. The van der Waals surface area contributed by atoms with E-state index in [0.717, 1.165) is 22.4 Å². The number of rotatable bonds is 2. The van der Waals surface area contributed by atoms with Gasteiger partial charge in [0.1, 0.15) is 0 Å². The highest BCUT2D eigenvalue weighted by Gasteiger charge is 2.13. The van der Waals surface area contributed by atoms with Gasteiger partial charge in [0.05, 0.1) is 11.4 Å². The van der Waals surface area contributed by atoms with Crippen LogP contribution in [0.4, 0.5) is 11.4 Å². The van der Waals surface area contributed by atoms with Crippen LogP contribution in [0.25, 0.3) is 11.0 Å². The van der Waals surface area contributed by atoms with Crippen LogP contribution >= 0.6 is 0 Å². The van der Waals surface area contributed by atoms with E-state index in [4.69, 9.17) is 4.63 Å². The Labute approximate surface area is 88.2 Å². The third-order valence-corrected chi connectivity index (χ3v) is 2.34. The summed E-state index contributed by atoms with van der Waals surface area (Å²) >= 11 is 0. The zero-order chi connectivity index (χ0) is 11.0. The van der Waals surface area contributed by atoms with Crippen LogP contribution in [0.5, 0.6) is 0 Å². The first-order valence-corrected chi connectivity index (χ1v) is 4.71. The molecule has 5 heteroatoms. The minimum absolute atomic E-state index is 0.797. The average molecular weight is 206 g/mol. The minimum Gasteiger partial charge on any atom is -0.376 e. The predicted octanol–water partition coefficient (Wildman–Crippen LogP) is 1.35. The molecule has 0 aliphatic heterocycles. The van der Waals surface area contributed by atoms with Crippen molar-refractivity contribution in [1.82, 2.24) is 10.3 Å². The van der Waals surface area contributed by atoms with Gasteiger partial charge in [0.2, 0.25) is 0 Å². The lowest BCUT2D eigenvalue weighted by Gasteiger charge is -2.16. The van der Waals surface area contributed by atoms with Crippen molar-refractivity contribution >= 4 is 22.4 Å². The van der Waals surface area contributed by atoms with E-state index >= 15 is 0 Å². The lowest BCUT2D eigenvalue weighted by Crippen LogP contribution is -2.12. The summed E-state index contributed by atoms with van der Waals surface area (Å²) in [5.74, 6) is 0. The number of benzene rings is 1. The quantitative estimate of drug-likeness (QED) is 0.742. The molecule has 15 heavy (non-hydrogen) atoms. The van der Waals surface area contributed by atoms with Crippen molar-refractivity contribution in [3.63, 3.8) is 0 Å². The number of aromatic nitrogens is 2. The number of nitrogens with zero attached hydrogens (tertiary/aromatic N) is 4. The van der Waals surface area contributed by atoms with Gasteiger partial charge in [-0.1, -0.05) is 0 Å². The van der Waals surface area contributed by atoms with E-state index in [1.807, 2.05) is 50.1 Å². The Morgan fingerprint density at radius 3 is 1.60 bits per heavy atom. The highest BCUT2D eigenvalue weighted by Crippen LogP contribution is 2.29. The molecule has 0 saturated heterocycles. The zero-order valence-corrected chi connectivity index (χ0v) is 9.35. The summed E-state index contributed by atoms with van der Waals surface area (Å²) < 4.78 is 4.79. The maximum Gasteiger partial charge on any atom is 0.160 e. The first-order chi connectivity index (χ1) is 7.11. The second-order valence-electron chi connectivity index (χ2n) is 3.85. The molecule has 0 radical (unpaired) electrons. The fraction of sp³-hybridized carbons (Fsp3) is 0.400. The summed E-state index contributed by atoms with van der Waals surface area (Å²) in [6.45, 7) is 0. The van der Waals surface area contributed by atoms with Crippen LogP contribution < -0.4 is 9.80 Å². The van der Waals surface area contributed by atoms with Crippen molar-refractivity contribution < 1.29 is 4.63 Å². The summed E-state index contributed by atoms with van der Waals surface area (Å²) in [6, 6.07) is 4.03. The fourth-order valence-electron chi connectivity index (χ4n) is 1.56. The average Bonchev–Trinajstić information content (AvgIpc) is 2.63. The standard InChI is InChI=1S/C10H14N4O/c1-13(2)7-5-6-8(14(3)4)10-9(7)11-15-12-10/h5-6H,1-4H3. The van der Waals surface area contributed by atoms with Crippen LogP contribution in [0.15, 0.2) is 16.8 Å². The van der Waals surface area contributed by atoms with Crippen molar-refractivity contribution in [3.8, 4) is 0 Å². The molecule has 0 saturated carbocycles. The molecule has 0 spiro atoms. The highest BCUT2D eigenvalue weighted by molar-refractivity contribution is 5.96. The Morgan fingerprint density at radius 1 is 0.867 bits per heavy atom. The molecular formula is C10H14N4O. The molecule has 0 fully saturated rings. The molecule has 5 nitrogen and oxygen atoms in total. The first-order valence-electron chi connectivity index (χ1n) is 4.71. The molecule has 0 aliphatic rings. The molecule has 2 rings (SSSR count). The van der Waals surface area contributed by atoms with Crippen molar-refractivity contribution in [3.05, 3.63) is 12.1 Å². The molecule has 0 amide bonds. The largest absolute Gasteiger partial charge is 0.376 e. The van der Waals surface area contributed by atoms with Gasteiger partial charge in [-0.15, -0.1) is 0 Å². The van der Waals surface area contributed by atoms with Gasteiger partial charge < -0.3 is 9.80 Å². The van der Waals surface area contributed by atoms with E-state index in [2.05, 4.69) is 10.3 Å². The Bertz CT molecular complexity index is 433. The second kappa shape index (κ2) is 3.42. The van der Waals surface area contributed by atoms with Gasteiger partial charge in [-0.3, -0.25) is 0 Å². The van der Waals surface area contributed by atoms with Crippen molar-refractivity contribution in [2.75, 3.05) is 38.0 Å². The first kappa shape index (κ1) is 9.76. The summed E-state index contributed by atoms with van der Waals surface area (Å²) in [5.41, 5.74) is 3.62. The molecule has 1 aromatic heterocycles. The SMILES string of the molecule is CN(C)c1ccc(N(C)C)c2nonc12. The van der Waals surface area contributed by atoms with Gasteiger partial charge in [-0.05, 0) is 22.4 Å². The lowest BCUT2D eigenvalue weighted by atomic mass is 10.2. The van der Waals surface area contributed by atoms with Gasteiger partial charge in [-0.25, -0.2) is 4.63 Å². The summed E-state index contributed by atoms with van der Waals surface area (Å²) in [6.07, 6.45) is 0. The van der Waals surface area contributed by atoms with Crippen LogP contribution in [0.2, 0.25) is 0 Å². The van der Waals surface area contributed by atoms with E-state index in [1.165, 1.54) is 0 Å². The van der Waals surface area contributed by atoms with Crippen molar-refractivity contribution in [2.24, 2.45) is 0 Å². The Balaban J connectivity index is 2.71. The van der Waals surface area contributed by atoms with E-state index in [0.29, 0.717) is 0 Å². The van der Waals surface area contributed by atoms with Gasteiger partial charge in [-0.2, -0.15) is 0 Å². The fourth-order valence-corrected chi connectivity index (χ4v) is 1.56. The number of hydrogen-bond acceptors (Lipinski definition) is 5. The van der Waals surface area contributed by atoms with Crippen LogP contribution in [0.3, 0.4) is 0 Å². The molecule has 1 heterocycles. The Kier molecular flexibility index (Phi) is 2.22. The van der Waals surface area contributed by atoms with Crippen LogP contribution in [-0.2, 0) is 0 Å². The Morgan fingerprint density at radius 2 is 1.27 bits per heavy atom. The van der Waals surface area contributed by atoms with E-state index in [-0.39, 0.29) is 0 Å². The maximum atomic E-state index is 4.79. The monoisotopic (exact) mass is 206 g/mol. The van der Waals surface area contributed by atoms with Crippen molar-refractivity contribution in [1.29, 1.82) is 0 Å². The van der Waals surface area contributed by atoms with Gasteiger partial charge in [0.25, 0.3) is 0 Å².